The summed E-state index contributed by atoms with van der Waals surface area (Å²) >= 11 is 0. The number of carbonyl (C=O) groups is 2. The number of aryl methyl sites for hydroxylation is 1. The van der Waals surface area contributed by atoms with Crippen molar-refractivity contribution in [2.75, 3.05) is 39.1 Å². The molecule has 172 valence electrons. The quantitative estimate of drug-likeness (QED) is 0.633. The van der Waals surface area contributed by atoms with Gasteiger partial charge in [-0.05, 0) is 50.7 Å². The summed E-state index contributed by atoms with van der Waals surface area (Å²) < 4.78 is 0. The van der Waals surface area contributed by atoms with Gasteiger partial charge in [0.1, 0.15) is 12.1 Å². The summed E-state index contributed by atoms with van der Waals surface area (Å²) in [5.41, 5.74) is 2.01. The highest BCUT2D eigenvalue weighted by Gasteiger charge is 2.37. The summed E-state index contributed by atoms with van der Waals surface area (Å²) in [7, 11) is 3.20. The Morgan fingerprint density at radius 3 is 2.66 bits per heavy atom. The van der Waals surface area contributed by atoms with Crippen LogP contribution in [0.4, 0.5) is 5.82 Å². The van der Waals surface area contributed by atoms with Gasteiger partial charge < -0.3 is 5.32 Å². The molecule has 1 aromatic carbocycles. The lowest BCUT2D eigenvalue weighted by Gasteiger charge is -2.46. The van der Waals surface area contributed by atoms with E-state index in [0.29, 0.717) is 24.2 Å². The Labute approximate surface area is 189 Å². The average Bonchev–Trinajstić information content (AvgIpc) is 2.78. The predicted octanol–water partition coefficient (Wildman–Crippen LogP) is 2.82. The van der Waals surface area contributed by atoms with Crippen molar-refractivity contribution in [1.82, 2.24) is 19.9 Å². The molecular formula is C24H33N5O3. The number of nitrogens with zero attached hydrogens (tertiary/aromatic N) is 4. The molecule has 2 aliphatic rings. The van der Waals surface area contributed by atoms with Crippen molar-refractivity contribution in [3.63, 3.8) is 0 Å². The minimum Gasteiger partial charge on any atom is -0.362 e. The highest BCUT2D eigenvalue weighted by Crippen LogP contribution is 2.33. The second-order valence-corrected chi connectivity index (χ2v) is 9.18. The van der Waals surface area contributed by atoms with Crippen LogP contribution < -0.4 is 5.32 Å². The van der Waals surface area contributed by atoms with Gasteiger partial charge in [0, 0.05) is 43.9 Å². The predicted molar refractivity (Wildman–Crippen MR) is 123 cm³/mol. The lowest BCUT2D eigenvalue weighted by Crippen LogP contribution is -2.54. The van der Waals surface area contributed by atoms with Gasteiger partial charge in [0.15, 0.2) is 5.78 Å². The molecule has 2 fully saturated rings. The molecule has 1 aliphatic carbocycles. The Bertz CT molecular complexity index is 967. The van der Waals surface area contributed by atoms with Crippen molar-refractivity contribution >= 4 is 28.4 Å². The van der Waals surface area contributed by atoms with Crippen molar-refractivity contribution in [3.8, 4) is 0 Å². The maximum atomic E-state index is 12.5. The number of hydroxylamine groups is 2. The molecule has 1 aromatic heterocycles. The van der Waals surface area contributed by atoms with Gasteiger partial charge in [-0.15, -0.1) is 0 Å². The number of ketones is 1. The van der Waals surface area contributed by atoms with Crippen LogP contribution >= 0.6 is 0 Å². The maximum Gasteiger partial charge on any atom is 0.248 e. The fraction of sp³-hybridized carbons (Fsp3) is 0.583. The Balaban J connectivity index is 1.19. The molecule has 1 N–H and O–H groups in total. The van der Waals surface area contributed by atoms with Crippen LogP contribution in [0, 0.1) is 18.8 Å². The van der Waals surface area contributed by atoms with Crippen molar-refractivity contribution in [3.05, 3.63) is 30.1 Å². The average molecular weight is 440 g/mol. The number of likely N-dealkylation sites (tertiary alicyclic amines) is 1. The van der Waals surface area contributed by atoms with E-state index >= 15 is 0 Å². The molecule has 2 aromatic rings. The van der Waals surface area contributed by atoms with Crippen LogP contribution in [0.25, 0.3) is 10.9 Å². The Kier molecular flexibility index (Phi) is 7.01. The molecule has 8 nitrogen and oxygen atoms in total. The van der Waals surface area contributed by atoms with E-state index in [2.05, 4.69) is 20.2 Å². The topological polar surface area (TPSA) is 87.7 Å². The minimum absolute atomic E-state index is 0.0718. The van der Waals surface area contributed by atoms with E-state index in [1.807, 2.05) is 25.1 Å². The fourth-order valence-corrected chi connectivity index (χ4v) is 4.96. The summed E-state index contributed by atoms with van der Waals surface area (Å²) in [5.74, 6) is 1.51. The molecule has 1 aliphatic heterocycles. The molecule has 0 bridgehead atoms. The van der Waals surface area contributed by atoms with E-state index in [4.69, 9.17) is 4.84 Å². The van der Waals surface area contributed by atoms with Gasteiger partial charge >= 0.3 is 0 Å². The monoisotopic (exact) mass is 439 g/mol. The molecule has 4 rings (SSSR count). The second kappa shape index (κ2) is 9.92. The molecule has 1 saturated carbocycles. The van der Waals surface area contributed by atoms with E-state index in [1.54, 1.807) is 7.05 Å². The van der Waals surface area contributed by atoms with E-state index in [0.717, 1.165) is 55.2 Å². The standard InChI is InChI=1S/C24H33N5O3/c1-16-4-9-22-21(10-16)23(27-15-26-22)25-12-20(30)11-17-13-29(14-17)19-7-5-18(6-8-19)24(31)28(2)32-3/h4,9-10,15,17-19H,5-8,11-14H2,1-3H3,(H,25,26,27). The fourth-order valence-electron chi connectivity index (χ4n) is 4.96. The van der Waals surface area contributed by atoms with Crippen LogP contribution in [-0.4, -0.2) is 71.5 Å². The van der Waals surface area contributed by atoms with Gasteiger partial charge in [0.05, 0.1) is 19.2 Å². The molecular weight excluding hydrogens is 406 g/mol. The number of hydrogen-bond acceptors (Lipinski definition) is 7. The highest BCUT2D eigenvalue weighted by molar-refractivity contribution is 5.91. The van der Waals surface area contributed by atoms with Gasteiger partial charge in [-0.2, -0.15) is 0 Å². The normalized spacial score (nSPS) is 21.8. The summed E-state index contributed by atoms with van der Waals surface area (Å²) in [6, 6.07) is 6.57. The van der Waals surface area contributed by atoms with Crippen LogP contribution in [0.3, 0.4) is 0 Å². The zero-order chi connectivity index (χ0) is 22.7. The van der Waals surface area contributed by atoms with Crippen LogP contribution in [-0.2, 0) is 14.4 Å². The molecule has 1 amide bonds. The van der Waals surface area contributed by atoms with E-state index in [9.17, 15) is 9.59 Å². The molecule has 0 unspecified atom stereocenters. The van der Waals surface area contributed by atoms with Crippen LogP contribution in [0.1, 0.15) is 37.7 Å². The highest BCUT2D eigenvalue weighted by atomic mass is 16.7. The molecule has 0 radical (unpaired) electrons. The first-order valence-electron chi connectivity index (χ1n) is 11.5. The molecule has 2 heterocycles. The van der Waals surface area contributed by atoms with Crippen LogP contribution in [0.5, 0.6) is 0 Å². The smallest absolute Gasteiger partial charge is 0.248 e. The van der Waals surface area contributed by atoms with Crippen molar-refractivity contribution < 1.29 is 14.4 Å². The Morgan fingerprint density at radius 1 is 1.19 bits per heavy atom. The SMILES string of the molecule is CON(C)C(=O)C1CCC(N2CC(CC(=O)CNc3ncnc4ccc(C)cc34)C2)CC1. The first-order chi connectivity index (χ1) is 15.4. The maximum absolute atomic E-state index is 12.5. The zero-order valence-corrected chi connectivity index (χ0v) is 19.2. The first-order valence-corrected chi connectivity index (χ1v) is 11.5. The first kappa shape index (κ1) is 22.6. The number of anilines is 1. The Morgan fingerprint density at radius 2 is 1.94 bits per heavy atom. The Hall–Kier alpha value is -2.58. The molecule has 0 atom stereocenters. The lowest BCUT2D eigenvalue weighted by molar-refractivity contribution is -0.175. The van der Waals surface area contributed by atoms with Crippen LogP contribution in [0.2, 0.25) is 0 Å². The van der Waals surface area contributed by atoms with E-state index in [-0.39, 0.29) is 24.2 Å². The summed E-state index contributed by atoms with van der Waals surface area (Å²) in [4.78, 5) is 40.9. The van der Waals surface area contributed by atoms with Crippen molar-refractivity contribution in [2.45, 2.75) is 45.1 Å². The van der Waals surface area contributed by atoms with Crippen LogP contribution in [0.15, 0.2) is 24.5 Å². The number of aromatic nitrogens is 2. The number of benzene rings is 1. The van der Waals surface area contributed by atoms with Crippen molar-refractivity contribution in [2.24, 2.45) is 11.8 Å². The molecule has 8 heteroatoms. The van der Waals surface area contributed by atoms with Gasteiger partial charge in [-0.1, -0.05) is 11.6 Å². The lowest BCUT2D eigenvalue weighted by atomic mass is 9.82. The third-order valence-electron chi connectivity index (χ3n) is 6.89. The number of fused-ring (bicyclic) bond motifs is 1. The minimum atomic E-state index is 0.0718. The zero-order valence-electron chi connectivity index (χ0n) is 19.2. The van der Waals surface area contributed by atoms with Gasteiger partial charge in [-0.25, -0.2) is 15.0 Å². The second-order valence-electron chi connectivity index (χ2n) is 9.18. The van der Waals surface area contributed by atoms with E-state index < -0.39 is 0 Å². The van der Waals surface area contributed by atoms with E-state index in [1.165, 1.54) is 18.5 Å². The number of rotatable bonds is 8. The summed E-state index contributed by atoms with van der Waals surface area (Å²) in [6.07, 6.45) is 6.02. The molecule has 0 spiro atoms. The number of amides is 1. The molecule has 1 saturated heterocycles. The number of Topliss-reactive ketones (excluding diaryl/α,β-unsaturated/α-hetero) is 1. The summed E-state index contributed by atoms with van der Waals surface area (Å²) in [5, 5.41) is 5.50. The van der Waals surface area contributed by atoms with Gasteiger partial charge in [-0.3, -0.25) is 19.3 Å². The number of hydrogen-bond donors (Lipinski definition) is 1. The summed E-state index contributed by atoms with van der Waals surface area (Å²) in [6.45, 7) is 4.27. The van der Waals surface area contributed by atoms with Gasteiger partial charge in [0.25, 0.3) is 0 Å². The third kappa shape index (κ3) is 5.07. The largest absolute Gasteiger partial charge is 0.362 e. The van der Waals surface area contributed by atoms with Crippen molar-refractivity contribution in [1.29, 1.82) is 0 Å². The molecule has 32 heavy (non-hydrogen) atoms. The van der Waals surface area contributed by atoms with Gasteiger partial charge in [0.2, 0.25) is 5.91 Å². The number of nitrogens with one attached hydrogen (secondary N) is 1. The third-order valence-corrected chi connectivity index (χ3v) is 6.89. The number of carbonyl (C=O) groups excluding carboxylic acids is 2.